The van der Waals surface area contributed by atoms with E-state index in [-0.39, 0.29) is 0 Å². The number of hydrogen-bond donors (Lipinski definition) is 1. The third-order valence-corrected chi connectivity index (χ3v) is 4.31. The van der Waals surface area contributed by atoms with Gasteiger partial charge in [0.2, 0.25) is 0 Å². The van der Waals surface area contributed by atoms with Gasteiger partial charge in [-0.3, -0.25) is 0 Å². The first kappa shape index (κ1) is 12.6. The number of nitrogens with zero attached hydrogens (tertiary/aromatic N) is 2. The smallest absolute Gasteiger partial charge is 0.116 e. The maximum absolute atomic E-state index is 4.24. The van der Waals surface area contributed by atoms with Crippen molar-refractivity contribution in [2.45, 2.75) is 42.3 Å². The number of rotatable bonds is 5. The molecule has 0 spiro atoms. The van der Waals surface area contributed by atoms with Gasteiger partial charge in [0, 0.05) is 23.7 Å². The lowest BCUT2D eigenvalue weighted by Crippen LogP contribution is -2.15. The van der Waals surface area contributed by atoms with Crippen molar-refractivity contribution < 1.29 is 0 Å². The first-order chi connectivity index (χ1) is 9.31. The second-order valence-corrected chi connectivity index (χ2v) is 5.97. The zero-order valence-corrected chi connectivity index (χ0v) is 11.8. The standard InChI is InChI=1S/C15H17N3S/c1-11-8-12(9-17-13-3-4-13)2-5-14(11)19-15-6-7-16-10-18-15/h2,5-8,10,13,17H,3-4,9H2,1H3. The molecule has 1 aliphatic carbocycles. The highest BCUT2D eigenvalue weighted by Crippen LogP contribution is 2.29. The molecule has 0 aliphatic heterocycles. The minimum Gasteiger partial charge on any atom is -0.310 e. The second-order valence-electron chi connectivity index (χ2n) is 4.90. The predicted octanol–water partition coefficient (Wildman–Crippen LogP) is 3.19. The second kappa shape index (κ2) is 5.72. The lowest BCUT2D eigenvalue weighted by atomic mass is 10.1. The Bertz CT molecular complexity index is 553. The van der Waals surface area contributed by atoms with Crippen LogP contribution in [0.1, 0.15) is 24.0 Å². The van der Waals surface area contributed by atoms with Crippen LogP contribution in [0.5, 0.6) is 0 Å². The van der Waals surface area contributed by atoms with E-state index < -0.39 is 0 Å². The average Bonchev–Trinajstić information content (AvgIpc) is 3.25. The Balaban J connectivity index is 1.68. The van der Waals surface area contributed by atoms with Crippen molar-refractivity contribution in [1.29, 1.82) is 0 Å². The van der Waals surface area contributed by atoms with Crippen LogP contribution in [-0.2, 0) is 6.54 Å². The fraction of sp³-hybridized carbons (Fsp3) is 0.333. The van der Waals surface area contributed by atoms with Gasteiger partial charge in [-0.2, -0.15) is 0 Å². The van der Waals surface area contributed by atoms with Gasteiger partial charge in [0.15, 0.2) is 0 Å². The highest BCUT2D eigenvalue weighted by atomic mass is 32.2. The van der Waals surface area contributed by atoms with Gasteiger partial charge in [-0.15, -0.1) is 0 Å². The quantitative estimate of drug-likeness (QED) is 0.848. The molecule has 0 amide bonds. The summed E-state index contributed by atoms with van der Waals surface area (Å²) in [5.74, 6) is 0. The molecule has 1 aromatic carbocycles. The third-order valence-electron chi connectivity index (χ3n) is 3.18. The van der Waals surface area contributed by atoms with Gasteiger partial charge < -0.3 is 5.32 Å². The summed E-state index contributed by atoms with van der Waals surface area (Å²) in [6.07, 6.45) is 6.03. The number of benzene rings is 1. The Morgan fingerprint density at radius 3 is 2.89 bits per heavy atom. The van der Waals surface area contributed by atoms with Gasteiger partial charge in [-0.1, -0.05) is 23.9 Å². The largest absolute Gasteiger partial charge is 0.310 e. The number of aromatic nitrogens is 2. The van der Waals surface area contributed by atoms with E-state index in [9.17, 15) is 0 Å². The van der Waals surface area contributed by atoms with Crippen molar-refractivity contribution in [2.75, 3.05) is 0 Å². The molecule has 1 aromatic heterocycles. The summed E-state index contributed by atoms with van der Waals surface area (Å²) in [7, 11) is 0. The van der Waals surface area contributed by atoms with Gasteiger partial charge >= 0.3 is 0 Å². The van der Waals surface area contributed by atoms with Crippen molar-refractivity contribution in [3.63, 3.8) is 0 Å². The van der Waals surface area contributed by atoms with E-state index in [1.165, 1.54) is 28.9 Å². The Kier molecular flexibility index (Phi) is 3.80. The van der Waals surface area contributed by atoms with E-state index >= 15 is 0 Å². The molecular formula is C15H17N3S. The molecule has 2 aromatic rings. The predicted molar refractivity (Wildman–Crippen MR) is 77.2 cm³/mol. The fourth-order valence-corrected chi connectivity index (χ4v) is 2.75. The minimum atomic E-state index is 0.760. The molecule has 1 aliphatic rings. The Hall–Kier alpha value is -1.39. The third kappa shape index (κ3) is 3.55. The van der Waals surface area contributed by atoms with Crippen molar-refractivity contribution in [1.82, 2.24) is 15.3 Å². The van der Waals surface area contributed by atoms with Crippen molar-refractivity contribution in [3.05, 3.63) is 47.9 Å². The Morgan fingerprint density at radius 1 is 1.32 bits per heavy atom. The number of nitrogens with one attached hydrogen (secondary N) is 1. The summed E-state index contributed by atoms with van der Waals surface area (Å²) in [6.45, 7) is 3.13. The van der Waals surface area contributed by atoms with Crippen LogP contribution in [0.3, 0.4) is 0 Å². The highest BCUT2D eigenvalue weighted by Gasteiger charge is 2.19. The molecule has 1 saturated carbocycles. The Labute approximate surface area is 117 Å². The molecule has 98 valence electrons. The SMILES string of the molecule is Cc1cc(CNC2CC2)ccc1Sc1ccncn1. The zero-order chi connectivity index (χ0) is 13.1. The summed E-state index contributed by atoms with van der Waals surface area (Å²) in [6, 6.07) is 9.35. The summed E-state index contributed by atoms with van der Waals surface area (Å²) in [5, 5.41) is 4.53. The van der Waals surface area contributed by atoms with Crippen molar-refractivity contribution in [3.8, 4) is 0 Å². The summed E-state index contributed by atoms with van der Waals surface area (Å²) in [5.41, 5.74) is 2.66. The van der Waals surface area contributed by atoms with E-state index in [1.807, 2.05) is 6.07 Å². The average molecular weight is 271 g/mol. The maximum Gasteiger partial charge on any atom is 0.116 e. The first-order valence-electron chi connectivity index (χ1n) is 6.58. The molecule has 19 heavy (non-hydrogen) atoms. The van der Waals surface area contributed by atoms with E-state index in [0.29, 0.717) is 0 Å². The number of hydrogen-bond acceptors (Lipinski definition) is 4. The molecule has 1 heterocycles. The molecule has 3 nitrogen and oxygen atoms in total. The first-order valence-corrected chi connectivity index (χ1v) is 7.40. The topological polar surface area (TPSA) is 37.8 Å². The number of aryl methyl sites for hydroxylation is 1. The molecule has 0 bridgehead atoms. The van der Waals surface area contributed by atoms with Crippen molar-refractivity contribution in [2.24, 2.45) is 0 Å². The Morgan fingerprint density at radius 2 is 2.21 bits per heavy atom. The fourth-order valence-electron chi connectivity index (χ4n) is 1.94. The van der Waals surface area contributed by atoms with Gasteiger partial charge in [0.05, 0.1) is 0 Å². The molecule has 1 N–H and O–H groups in total. The molecule has 0 unspecified atom stereocenters. The highest BCUT2D eigenvalue weighted by molar-refractivity contribution is 7.99. The van der Waals surface area contributed by atoms with E-state index in [0.717, 1.165) is 17.6 Å². The van der Waals surface area contributed by atoms with Crippen LogP contribution in [0.4, 0.5) is 0 Å². The minimum absolute atomic E-state index is 0.760. The van der Waals surface area contributed by atoms with Gasteiger partial charge in [-0.25, -0.2) is 9.97 Å². The van der Waals surface area contributed by atoms with Crippen LogP contribution in [0.15, 0.2) is 46.7 Å². The van der Waals surface area contributed by atoms with Crippen LogP contribution in [-0.4, -0.2) is 16.0 Å². The zero-order valence-electron chi connectivity index (χ0n) is 11.0. The van der Waals surface area contributed by atoms with Crippen LogP contribution >= 0.6 is 11.8 Å². The maximum atomic E-state index is 4.24. The monoisotopic (exact) mass is 271 g/mol. The lowest BCUT2D eigenvalue weighted by Gasteiger charge is -2.08. The summed E-state index contributed by atoms with van der Waals surface area (Å²) in [4.78, 5) is 9.44. The van der Waals surface area contributed by atoms with Gasteiger partial charge in [0.25, 0.3) is 0 Å². The molecule has 0 atom stereocenters. The normalized spacial score (nSPS) is 14.6. The van der Waals surface area contributed by atoms with Gasteiger partial charge in [-0.05, 0) is 43.0 Å². The lowest BCUT2D eigenvalue weighted by molar-refractivity contribution is 0.687. The molecular weight excluding hydrogens is 254 g/mol. The summed E-state index contributed by atoms with van der Waals surface area (Å²) >= 11 is 1.69. The van der Waals surface area contributed by atoms with Crippen LogP contribution in [0.25, 0.3) is 0 Å². The molecule has 3 rings (SSSR count). The molecule has 1 fully saturated rings. The molecule has 0 radical (unpaired) electrons. The molecule has 4 heteroatoms. The summed E-state index contributed by atoms with van der Waals surface area (Å²) < 4.78 is 0. The van der Waals surface area contributed by atoms with E-state index in [4.69, 9.17) is 0 Å². The van der Waals surface area contributed by atoms with Crippen molar-refractivity contribution >= 4 is 11.8 Å². The van der Waals surface area contributed by atoms with Crippen LogP contribution in [0, 0.1) is 6.92 Å². The van der Waals surface area contributed by atoms with Gasteiger partial charge in [0.1, 0.15) is 11.4 Å². The molecule has 0 saturated heterocycles. The van der Waals surface area contributed by atoms with Crippen LogP contribution in [0.2, 0.25) is 0 Å². The van der Waals surface area contributed by atoms with Crippen LogP contribution < -0.4 is 5.32 Å². The van der Waals surface area contributed by atoms with E-state index in [2.05, 4.69) is 40.4 Å². The van der Waals surface area contributed by atoms with E-state index in [1.54, 1.807) is 24.3 Å².